The monoisotopic (exact) mass is 940 g/mol. The van der Waals surface area contributed by atoms with Gasteiger partial charge in [-0.25, -0.2) is 9.59 Å². The number of epoxide rings is 1. The number of benzene rings is 1. The van der Waals surface area contributed by atoms with Gasteiger partial charge in [0.15, 0.2) is 5.72 Å². The molecule has 1 aromatic carbocycles. The first-order valence-corrected chi connectivity index (χ1v) is 23.6. The second-order valence-electron chi connectivity index (χ2n) is 16.4. The van der Waals surface area contributed by atoms with Gasteiger partial charge in [0.25, 0.3) is 0 Å². The molecule has 2 fully saturated rings. The van der Waals surface area contributed by atoms with E-state index in [0.29, 0.717) is 42.3 Å². The molecule has 20 heteroatoms. The highest BCUT2D eigenvalue weighted by Crippen LogP contribution is 2.49. The van der Waals surface area contributed by atoms with Crippen LogP contribution in [0.2, 0.25) is 5.02 Å². The van der Waals surface area contributed by atoms with Crippen LogP contribution < -0.4 is 20.3 Å². The van der Waals surface area contributed by atoms with Crippen molar-refractivity contribution in [1.82, 2.24) is 15.5 Å². The van der Waals surface area contributed by atoms with E-state index in [1.807, 2.05) is 13.0 Å². The van der Waals surface area contributed by atoms with Crippen LogP contribution >= 0.6 is 33.2 Å². The van der Waals surface area contributed by atoms with Crippen molar-refractivity contribution in [3.05, 3.63) is 46.5 Å². The number of aliphatic hydroxyl groups is 1. The number of carboxylic acids is 1. The predicted molar refractivity (Wildman–Crippen MR) is 240 cm³/mol. The molecule has 0 spiro atoms. The van der Waals surface area contributed by atoms with Crippen LogP contribution in [-0.2, 0) is 49.3 Å². The van der Waals surface area contributed by atoms with Gasteiger partial charge in [0.2, 0.25) is 17.7 Å². The lowest BCUT2D eigenvalue weighted by Crippen LogP contribution is -2.63. The fourth-order valence-corrected chi connectivity index (χ4v) is 9.89. The van der Waals surface area contributed by atoms with Gasteiger partial charge in [-0.3, -0.25) is 24.5 Å². The number of anilines is 1. The zero-order valence-electron chi connectivity index (χ0n) is 37.3. The highest BCUT2D eigenvalue weighted by Gasteiger charge is 2.64. The zero-order valence-corrected chi connectivity index (χ0v) is 39.7. The summed E-state index contributed by atoms with van der Waals surface area (Å²) in [6.07, 6.45) is 1.20. The maximum Gasteiger partial charge on any atom is 0.409 e. The molecular formula is C43H61ClN4O13S2. The molecule has 4 bridgehead atoms. The molecule has 4 rings (SSSR count). The van der Waals surface area contributed by atoms with E-state index in [4.69, 9.17) is 40.4 Å². The van der Waals surface area contributed by atoms with Gasteiger partial charge in [-0.1, -0.05) is 70.8 Å². The Kier molecular flexibility index (Phi) is 18.6. The number of fused-ring (bicyclic) bond motifs is 5. The smallest absolute Gasteiger partial charge is 0.409 e. The van der Waals surface area contributed by atoms with Crippen LogP contribution in [0.4, 0.5) is 10.5 Å². The SMILES string of the molecule is COc1cc2cc(c1Cl)N(C)C(=O)C[C@H](OC(=O)[C@H](C)N(C)C(=O)CCSSCCCNC(=O)C(C)CC(=O)O)[C@]1(C)O[C@@H]1[C@H](C)[C@@H]1C[C@@](O)(NC(=O)O1)[C@H](OC)/C=C/C=C(\C)C2. The minimum Gasteiger partial charge on any atom is -0.495 e. The van der Waals surface area contributed by atoms with Crippen molar-refractivity contribution < 1.29 is 62.7 Å². The summed E-state index contributed by atoms with van der Waals surface area (Å²) in [6.45, 7) is 8.89. The number of hydrogen-bond acceptors (Lipinski definition) is 14. The number of esters is 1. The van der Waals surface area contributed by atoms with Crippen molar-refractivity contribution in [1.29, 1.82) is 0 Å². The Morgan fingerprint density at radius 1 is 1.16 bits per heavy atom. The number of halogens is 1. The number of nitrogens with one attached hydrogen (secondary N) is 2. The third-order valence-corrected chi connectivity index (χ3v) is 14.5. The molecule has 63 heavy (non-hydrogen) atoms. The van der Waals surface area contributed by atoms with E-state index in [0.717, 1.165) is 11.1 Å². The van der Waals surface area contributed by atoms with Crippen molar-refractivity contribution in [3.8, 4) is 5.75 Å². The molecule has 1 unspecified atom stereocenters. The fraction of sp³-hybridized carbons (Fsp3) is 0.628. The van der Waals surface area contributed by atoms with Crippen LogP contribution in [0, 0.1) is 11.8 Å². The van der Waals surface area contributed by atoms with Gasteiger partial charge in [-0.15, -0.1) is 0 Å². The number of amides is 4. The number of methoxy groups -OCH3 is 2. The maximum absolute atomic E-state index is 14.2. The summed E-state index contributed by atoms with van der Waals surface area (Å²) in [4.78, 5) is 79.8. The second kappa shape index (κ2) is 22.7. The number of allylic oxidation sites excluding steroid dienone is 3. The molecule has 0 radical (unpaired) electrons. The molecule has 1 aromatic rings. The molecule has 0 saturated carbocycles. The molecule has 2 saturated heterocycles. The molecule has 0 aliphatic carbocycles. The number of rotatable bonds is 16. The quantitative estimate of drug-likeness (QED) is 0.0749. The summed E-state index contributed by atoms with van der Waals surface area (Å²) in [5.41, 5.74) is -1.05. The standard InChI is InChI=1S/C43H61ClN4O13S2/c1-24-12-10-13-32(58-9)43(56)23-31(59-41(55)46-43)26(3)38-42(5,61-38)33(22-35(50)48(7)29-20-28(18-24)21-30(57-8)37(29)44)60-40(54)27(4)47(6)34(49)14-17-63-62-16-11-15-45-39(53)25(2)19-36(51)52/h10,12-13,20-21,25-27,31-33,38,56H,11,14-19,22-23H2,1-9H3,(H,45,53)(H,46,55)(H,51,52)/b13-10+,24-12+/t25?,26-,27+,31+,32-,33+,38-,42+,43+/m1/s1. The largest absolute Gasteiger partial charge is 0.495 e. The second-order valence-corrected chi connectivity index (χ2v) is 19.5. The molecular weight excluding hydrogens is 880 g/mol. The van der Waals surface area contributed by atoms with Crippen LogP contribution in [0.15, 0.2) is 35.9 Å². The van der Waals surface area contributed by atoms with E-state index in [1.54, 1.807) is 52.1 Å². The predicted octanol–water partition coefficient (Wildman–Crippen LogP) is 4.90. The highest BCUT2D eigenvalue weighted by molar-refractivity contribution is 8.76. The number of carbonyl (C=O) groups excluding carboxylic acids is 5. The van der Waals surface area contributed by atoms with Crippen molar-refractivity contribution in [2.45, 2.75) is 115 Å². The van der Waals surface area contributed by atoms with E-state index in [9.17, 15) is 33.9 Å². The van der Waals surface area contributed by atoms with Gasteiger partial charge >= 0.3 is 18.0 Å². The number of likely N-dealkylation sites (N-methyl/N-ethyl adjacent to an activating group) is 1. The highest BCUT2D eigenvalue weighted by atomic mass is 35.5. The molecule has 3 aliphatic rings. The first-order valence-electron chi connectivity index (χ1n) is 20.7. The van der Waals surface area contributed by atoms with E-state index in [2.05, 4.69) is 10.6 Å². The van der Waals surface area contributed by atoms with E-state index in [1.165, 1.54) is 59.6 Å². The Morgan fingerprint density at radius 2 is 1.86 bits per heavy atom. The first kappa shape index (κ1) is 51.6. The Bertz CT molecular complexity index is 1920. The van der Waals surface area contributed by atoms with Gasteiger partial charge in [0.1, 0.15) is 40.7 Å². The number of hydrogen-bond donors (Lipinski definition) is 4. The molecule has 350 valence electrons. The van der Waals surface area contributed by atoms with Gasteiger partial charge in [0.05, 0.1) is 31.7 Å². The van der Waals surface area contributed by atoms with Crippen LogP contribution in [0.3, 0.4) is 0 Å². The van der Waals surface area contributed by atoms with E-state index in [-0.39, 0.29) is 42.5 Å². The Morgan fingerprint density at radius 3 is 2.52 bits per heavy atom. The molecule has 4 N–H and O–H groups in total. The molecule has 17 nitrogen and oxygen atoms in total. The number of nitrogens with zero attached hydrogens (tertiary/aromatic N) is 2. The van der Waals surface area contributed by atoms with Gasteiger partial charge in [0, 0.05) is 63.9 Å². The summed E-state index contributed by atoms with van der Waals surface area (Å²) in [7, 11) is 8.96. The Hall–Kier alpha value is -4.01. The number of carbonyl (C=O) groups is 6. The van der Waals surface area contributed by atoms with Gasteiger partial charge < -0.3 is 49.0 Å². The number of carboxylic acid groups (broad SMARTS) is 1. The molecule has 4 amide bonds. The lowest BCUT2D eigenvalue weighted by Gasteiger charge is -2.42. The summed E-state index contributed by atoms with van der Waals surface area (Å²) in [5, 5.41) is 26.1. The lowest BCUT2D eigenvalue weighted by atomic mass is 9.83. The van der Waals surface area contributed by atoms with Crippen molar-refractivity contribution in [2.75, 3.05) is 51.3 Å². The average molecular weight is 942 g/mol. The molecule has 3 aliphatic heterocycles. The topological polar surface area (TPSA) is 223 Å². The van der Waals surface area contributed by atoms with Crippen LogP contribution in [0.5, 0.6) is 5.75 Å². The van der Waals surface area contributed by atoms with Gasteiger partial charge in [-0.05, 0) is 51.3 Å². The van der Waals surface area contributed by atoms with E-state index < -0.39 is 77.6 Å². The van der Waals surface area contributed by atoms with Gasteiger partial charge in [-0.2, -0.15) is 0 Å². The van der Waals surface area contributed by atoms with Crippen molar-refractivity contribution >= 4 is 74.6 Å². The van der Waals surface area contributed by atoms with Crippen molar-refractivity contribution in [3.63, 3.8) is 0 Å². The lowest BCUT2D eigenvalue weighted by molar-refractivity contribution is -0.162. The average Bonchev–Trinajstić information content (AvgIpc) is 3.93. The fourth-order valence-electron chi connectivity index (χ4n) is 7.51. The molecule has 9 atom stereocenters. The van der Waals surface area contributed by atoms with Crippen LogP contribution in [0.1, 0.15) is 72.3 Å². The van der Waals surface area contributed by atoms with Crippen LogP contribution in [-0.4, -0.2) is 139 Å². The summed E-state index contributed by atoms with van der Waals surface area (Å²) in [6, 6.07) is 2.51. The summed E-state index contributed by atoms with van der Waals surface area (Å²) >= 11 is 6.78. The number of ether oxygens (including phenoxy) is 5. The molecule has 0 aromatic heterocycles. The maximum atomic E-state index is 14.2. The summed E-state index contributed by atoms with van der Waals surface area (Å²) in [5.74, 6) is -2.57. The minimum absolute atomic E-state index is 0.0773. The zero-order chi connectivity index (χ0) is 46.8. The number of alkyl carbamates (subject to hydrolysis) is 1. The normalized spacial score (nSPS) is 28.5. The Labute approximate surface area is 381 Å². The summed E-state index contributed by atoms with van der Waals surface area (Å²) < 4.78 is 29.3. The van der Waals surface area contributed by atoms with E-state index >= 15 is 0 Å². The third-order valence-electron chi connectivity index (χ3n) is 11.6. The first-order chi connectivity index (χ1) is 29.6. The third kappa shape index (κ3) is 13.5. The Balaban J connectivity index is 1.50. The minimum atomic E-state index is -1.86. The molecule has 3 heterocycles. The number of aliphatic carboxylic acids is 1. The van der Waals surface area contributed by atoms with Crippen molar-refractivity contribution in [2.24, 2.45) is 11.8 Å². The van der Waals surface area contributed by atoms with Crippen LogP contribution in [0.25, 0.3) is 0 Å².